The predicted molar refractivity (Wildman–Crippen MR) is 47.1 cm³/mol. The zero-order valence-electron chi connectivity index (χ0n) is 8.64. The van der Waals surface area contributed by atoms with Gasteiger partial charge in [-0.1, -0.05) is 0 Å². The van der Waals surface area contributed by atoms with E-state index < -0.39 is 23.7 Å². The first kappa shape index (κ1) is 12.3. The molecule has 1 aliphatic heterocycles. The average Bonchev–Trinajstić information content (AvgIpc) is 2.47. The summed E-state index contributed by atoms with van der Waals surface area (Å²) in [5.74, 6) is -1.85. The zero-order valence-corrected chi connectivity index (χ0v) is 8.64. The Morgan fingerprint density at radius 2 is 1.93 bits per heavy atom. The normalized spacial score (nSPS) is 23.3. The van der Waals surface area contributed by atoms with Crippen molar-refractivity contribution in [3.63, 3.8) is 0 Å². The van der Waals surface area contributed by atoms with E-state index in [1.165, 1.54) is 13.8 Å². The molecule has 1 amide bonds. The summed E-state index contributed by atoms with van der Waals surface area (Å²) in [5.41, 5.74) is -1.29. The summed E-state index contributed by atoms with van der Waals surface area (Å²) in [6.07, 6.45) is -3.95. The van der Waals surface area contributed by atoms with Gasteiger partial charge in [-0.25, -0.2) is 0 Å². The number of amides is 1. The summed E-state index contributed by atoms with van der Waals surface area (Å²) in [5, 5.41) is 9.64. The summed E-state index contributed by atoms with van der Waals surface area (Å²) >= 11 is 0. The molecule has 1 rings (SSSR count). The highest BCUT2D eigenvalue weighted by molar-refractivity contribution is 5.82. The lowest BCUT2D eigenvalue weighted by molar-refractivity contribution is -0.189. The Morgan fingerprint density at radius 3 is 2.33 bits per heavy atom. The minimum Gasteiger partial charge on any atom is -0.388 e. The van der Waals surface area contributed by atoms with Crippen molar-refractivity contribution in [3.05, 3.63) is 0 Å². The third-order valence-corrected chi connectivity index (χ3v) is 2.57. The number of carbonyl (C=O) groups is 1. The van der Waals surface area contributed by atoms with Gasteiger partial charge >= 0.3 is 12.1 Å². The van der Waals surface area contributed by atoms with E-state index in [1.54, 1.807) is 0 Å². The van der Waals surface area contributed by atoms with Gasteiger partial charge in [0.1, 0.15) is 0 Å². The number of hydrogen-bond donors (Lipinski definition) is 1. The third-order valence-electron chi connectivity index (χ3n) is 2.57. The van der Waals surface area contributed by atoms with Crippen LogP contribution in [-0.4, -0.2) is 40.3 Å². The zero-order chi connectivity index (χ0) is 11.9. The van der Waals surface area contributed by atoms with E-state index >= 15 is 0 Å². The van der Waals surface area contributed by atoms with Crippen LogP contribution in [0.4, 0.5) is 13.2 Å². The fourth-order valence-electron chi connectivity index (χ4n) is 1.91. The molecule has 1 heterocycles. The number of halogens is 3. The van der Waals surface area contributed by atoms with E-state index in [9.17, 15) is 23.1 Å². The lowest BCUT2D eigenvalue weighted by Crippen LogP contribution is -2.52. The van der Waals surface area contributed by atoms with Gasteiger partial charge in [-0.15, -0.1) is 0 Å². The van der Waals surface area contributed by atoms with Crippen LogP contribution in [0.15, 0.2) is 0 Å². The van der Waals surface area contributed by atoms with E-state index in [2.05, 4.69) is 0 Å². The molecule has 0 aromatic heterocycles. The van der Waals surface area contributed by atoms with Gasteiger partial charge in [0.15, 0.2) is 0 Å². The van der Waals surface area contributed by atoms with Crippen molar-refractivity contribution in [3.8, 4) is 0 Å². The molecule has 0 aromatic carbocycles. The molecule has 1 aliphatic rings. The highest BCUT2D eigenvalue weighted by Gasteiger charge is 2.48. The molecule has 1 saturated heterocycles. The Balaban J connectivity index is 2.82. The summed E-state index contributed by atoms with van der Waals surface area (Å²) in [7, 11) is 0. The summed E-state index contributed by atoms with van der Waals surface area (Å²) in [4.78, 5) is 11.7. The lowest BCUT2D eigenvalue weighted by Gasteiger charge is -2.34. The minimum atomic E-state index is -4.85. The van der Waals surface area contributed by atoms with Crippen LogP contribution >= 0.6 is 0 Å². The van der Waals surface area contributed by atoms with Gasteiger partial charge in [-0.3, -0.25) is 4.79 Å². The molecular weight excluding hydrogens is 211 g/mol. The first-order valence-corrected chi connectivity index (χ1v) is 4.74. The molecule has 15 heavy (non-hydrogen) atoms. The number of aliphatic hydroxyl groups is 1. The molecule has 1 fully saturated rings. The number of rotatable bonds is 1. The Labute approximate surface area is 85.9 Å². The monoisotopic (exact) mass is 225 g/mol. The van der Waals surface area contributed by atoms with E-state index in [0.29, 0.717) is 12.8 Å². The highest BCUT2D eigenvalue weighted by Crippen LogP contribution is 2.30. The van der Waals surface area contributed by atoms with Gasteiger partial charge in [-0.2, -0.15) is 13.2 Å². The maximum atomic E-state index is 12.2. The molecule has 0 saturated carbocycles. The largest absolute Gasteiger partial charge is 0.471 e. The van der Waals surface area contributed by atoms with Crippen molar-refractivity contribution in [2.75, 3.05) is 6.54 Å². The van der Waals surface area contributed by atoms with Gasteiger partial charge in [-0.05, 0) is 26.7 Å². The van der Waals surface area contributed by atoms with Gasteiger partial charge in [0.25, 0.3) is 0 Å². The molecular formula is C9H14F3NO2. The quantitative estimate of drug-likeness (QED) is 0.731. The van der Waals surface area contributed by atoms with Crippen molar-refractivity contribution < 1.29 is 23.1 Å². The number of carbonyl (C=O) groups excluding carboxylic acids is 1. The average molecular weight is 225 g/mol. The maximum Gasteiger partial charge on any atom is 0.471 e. The Kier molecular flexibility index (Phi) is 3.00. The second-order valence-corrected chi connectivity index (χ2v) is 4.31. The van der Waals surface area contributed by atoms with Crippen LogP contribution in [-0.2, 0) is 4.79 Å². The van der Waals surface area contributed by atoms with Crippen molar-refractivity contribution in [2.45, 2.75) is 44.5 Å². The number of hydrogen-bond acceptors (Lipinski definition) is 2. The first-order chi connectivity index (χ1) is 6.64. The van der Waals surface area contributed by atoms with Crippen LogP contribution < -0.4 is 0 Å². The highest BCUT2D eigenvalue weighted by atomic mass is 19.4. The predicted octanol–water partition coefficient (Wildman–Crippen LogP) is 1.31. The van der Waals surface area contributed by atoms with Crippen LogP contribution in [0.25, 0.3) is 0 Å². The van der Waals surface area contributed by atoms with Gasteiger partial charge in [0.2, 0.25) is 0 Å². The Hall–Kier alpha value is -0.780. The van der Waals surface area contributed by atoms with E-state index in [1.807, 2.05) is 0 Å². The van der Waals surface area contributed by atoms with E-state index in [0.717, 1.165) is 4.90 Å². The number of alkyl halides is 3. The van der Waals surface area contributed by atoms with E-state index in [4.69, 9.17) is 0 Å². The number of nitrogens with zero attached hydrogens (tertiary/aromatic N) is 1. The van der Waals surface area contributed by atoms with Crippen LogP contribution in [0, 0.1) is 0 Å². The van der Waals surface area contributed by atoms with Crippen LogP contribution in [0.3, 0.4) is 0 Å². The smallest absolute Gasteiger partial charge is 0.388 e. The Bertz CT molecular complexity index is 257. The van der Waals surface area contributed by atoms with Crippen molar-refractivity contribution >= 4 is 5.91 Å². The molecule has 0 aliphatic carbocycles. The molecule has 88 valence electrons. The Morgan fingerprint density at radius 1 is 1.40 bits per heavy atom. The third kappa shape index (κ3) is 2.62. The second kappa shape index (κ2) is 3.66. The van der Waals surface area contributed by atoms with Crippen molar-refractivity contribution in [1.82, 2.24) is 4.90 Å². The SMILES string of the molecule is CC(C)(O)C1CCCN1C(=O)C(F)(F)F. The molecule has 0 aromatic rings. The van der Waals surface area contributed by atoms with Crippen LogP contribution in [0.1, 0.15) is 26.7 Å². The van der Waals surface area contributed by atoms with Gasteiger partial charge < -0.3 is 10.0 Å². The molecule has 1 unspecified atom stereocenters. The van der Waals surface area contributed by atoms with Crippen LogP contribution in [0.2, 0.25) is 0 Å². The summed E-state index contributed by atoms with van der Waals surface area (Å²) in [6, 6.07) is -0.744. The number of likely N-dealkylation sites (tertiary alicyclic amines) is 1. The molecule has 0 radical (unpaired) electrons. The molecule has 6 heteroatoms. The fraction of sp³-hybridized carbons (Fsp3) is 0.889. The minimum absolute atomic E-state index is 0.0625. The maximum absolute atomic E-state index is 12.2. The molecule has 1 N–H and O–H groups in total. The lowest BCUT2D eigenvalue weighted by atomic mass is 9.96. The molecule has 0 bridgehead atoms. The second-order valence-electron chi connectivity index (χ2n) is 4.31. The van der Waals surface area contributed by atoms with Crippen molar-refractivity contribution in [1.29, 1.82) is 0 Å². The molecule has 0 spiro atoms. The molecule has 1 atom stereocenters. The standard InChI is InChI=1S/C9H14F3NO2/c1-8(2,15)6-4-3-5-13(6)7(14)9(10,11)12/h6,15H,3-5H2,1-2H3. The first-order valence-electron chi connectivity index (χ1n) is 4.74. The van der Waals surface area contributed by atoms with E-state index in [-0.39, 0.29) is 6.54 Å². The van der Waals surface area contributed by atoms with Gasteiger partial charge in [0, 0.05) is 6.54 Å². The van der Waals surface area contributed by atoms with Crippen LogP contribution in [0.5, 0.6) is 0 Å². The topological polar surface area (TPSA) is 40.5 Å². The van der Waals surface area contributed by atoms with Gasteiger partial charge in [0.05, 0.1) is 11.6 Å². The fourth-order valence-corrected chi connectivity index (χ4v) is 1.91. The van der Waals surface area contributed by atoms with Crippen molar-refractivity contribution in [2.24, 2.45) is 0 Å². The summed E-state index contributed by atoms with van der Waals surface area (Å²) < 4.78 is 36.6. The summed E-state index contributed by atoms with van der Waals surface area (Å²) in [6.45, 7) is 2.90. The molecule has 3 nitrogen and oxygen atoms in total.